The Hall–Kier alpha value is -3.82. The van der Waals surface area contributed by atoms with Crippen LogP contribution < -0.4 is 10.9 Å². The van der Waals surface area contributed by atoms with Gasteiger partial charge >= 0.3 is 5.69 Å². The molecule has 0 spiro atoms. The van der Waals surface area contributed by atoms with Crippen molar-refractivity contribution in [2.75, 3.05) is 5.32 Å². The van der Waals surface area contributed by atoms with E-state index in [1.807, 2.05) is 13.0 Å². The molecule has 2 aromatic carbocycles. The number of nitro groups is 1. The quantitative estimate of drug-likeness (QED) is 0.420. The molecule has 0 atom stereocenters. The molecule has 10 heteroatoms. The number of anilines is 1. The van der Waals surface area contributed by atoms with Crippen molar-refractivity contribution in [1.82, 2.24) is 19.2 Å². The maximum Gasteiger partial charge on any atom is 0.306 e. The van der Waals surface area contributed by atoms with Gasteiger partial charge in [-0.05, 0) is 31.2 Å². The Balaban J connectivity index is 1.79. The standard InChI is InChI=1S/C18H15FN6O3/c1-2-23-17(26)12-5-3-4-6-14(12)24-16(21-22-18(23)24)10-20-11-7-8-13(19)15(9-11)25(27)28/h3-9,20H,2,10H2,1H3. The summed E-state index contributed by atoms with van der Waals surface area (Å²) in [6.45, 7) is 2.46. The van der Waals surface area contributed by atoms with Gasteiger partial charge in [0.15, 0.2) is 5.82 Å². The van der Waals surface area contributed by atoms with Crippen LogP contribution in [-0.4, -0.2) is 24.1 Å². The van der Waals surface area contributed by atoms with Crippen LogP contribution in [-0.2, 0) is 13.1 Å². The van der Waals surface area contributed by atoms with Gasteiger partial charge in [-0.25, -0.2) is 0 Å². The first-order valence-electron chi connectivity index (χ1n) is 8.54. The fraction of sp³-hybridized carbons (Fsp3) is 0.167. The molecule has 2 aromatic heterocycles. The first-order valence-corrected chi connectivity index (χ1v) is 8.54. The third-order valence-electron chi connectivity index (χ3n) is 4.48. The van der Waals surface area contributed by atoms with Gasteiger partial charge in [0.25, 0.3) is 5.56 Å². The molecule has 0 saturated carbocycles. The molecule has 4 rings (SSSR count). The maximum atomic E-state index is 13.5. The normalized spacial score (nSPS) is 11.2. The zero-order chi connectivity index (χ0) is 19.8. The molecule has 0 unspecified atom stereocenters. The third kappa shape index (κ3) is 2.75. The van der Waals surface area contributed by atoms with E-state index in [0.29, 0.717) is 34.7 Å². The smallest absolute Gasteiger partial charge is 0.306 e. The number of para-hydroxylation sites is 1. The fourth-order valence-corrected chi connectivity index (χ4v) is 3.16. The third-order valence-corrected chi connectivity index (χ3v) is 4.48. The first-order chi connectivity index (χ1) is 13.5. The second kappa shape index (κ2) is 6.72. The Bertz CT molecular complexity index is 1280. The van der Waals surface area contributed by atoms with E-state index in [1.165, 1.54) is 10.6 Å². The number of aryl methyl sites for hydroxylation is 1. The zero-order valence-electron chi connectivity index (χ0n) is 14.8. The minimum atomic E-state index is -0.901. The predicted octanol–water partition coefficient (Wildman–Crippen LogP) is 2.72. The molecule has 9 nitrogen and oxygen atoms in total. The van der Waals surface area contributed by atoms with Crippen molar-refractivity contribution in [2.24, 2.45) is 0 Å². The Morgan fingerprint density at radius 3 is 2.75 bits per heavy atom. The van der Waals surface area contributed by atoms with E-state index in [4.69, 9.17) is 0 Å². The SMILES string of the molecule is CCn1c(=O)c2ccccc2n2c(CNc3ccc(F)c([N+](=O)[O-])c3)nnc12. The minimum Gasteiger partial charge on any atom is -0.378 e. The lowest BCUT2D eigenvalue weighted by molar-refractivity contribution is -0.387. The van der Waals surface area contributed by atoms with Crippen molar-refractivity contribution in [3.8, 4) is 0 Å². The summed E-state index contributed by atoms with van der Waals surface area (Å²) in [6, 6.07) is 10.7. The number of benzene rings is 2. The molecule has 0 amide bonds. The Morgan fingerprint density at radius 1 is 1.21 bits per heavy atom. The van der Waals surface area contributed by atoms with Crippen LogP contribution >= 0.6 is 0 Å². The lowest BCUT2D eigenvalue weighted by atomic mass is 10.2. The average Bonchev–Trinajstić information content (AvgIpc) is 3.11. The van der Waals surface area contributed by atoms with Crippen LogP contribution in [0.4, 0.5) is 15.8 Å². The summed E-state index contributed by atoms with van der Waals surface area (Å²) in [4.78, 5) is 22.8. The van der Waals surface area contributed by atoms with Gasteiger partial charge in [0.2, 0.25) is 11.6 Å². The van der Waals surface area contributed by atoms with Crippen molar-refractivity contribution in [1.29, 1.82) is 0 Å². The Labute approximate surface area is 157 Å². The molecule has 0 aliphatic heterocycles. The Kier molecular flexibility index (Phi) is 4.22. The van der Waals surface area contributed by atoms with Crippen LogP contribution in [0.15, 0.2) is 47.3 Å². The van der Waals surface area contributed by atoms with E-state index in [0.717, 1.165) is 12.1 Å². The molecule has 4 aromatic rings. The van der Waals surface area contributed by atoms with E-state index < -0.39 is 16.4 Å². The maximum absolute atomic E-state index is 13.5. The molecular weight excluding hydrogens is 367 g/mol. The van der Waals surface area contributed by atoms with Gasteiger partial charge in [-0.1, -0.05) is 12.1 Å². The number of rotatable bonds is 5. The summed E-state index contributed by atoms with van der Waals surface area (Å²) in [5.41, 5.74) is 0.282. The summed E-state index contributed by atoms with van der Waals surface area (Å²) in [6.07, 6.45) is 0. The highest BCUT2D eigenvalue weighted by Crippen LogP contribution is 2.22. The second-order valence-corrected chi connectivity index (χ2v) is 6.10. The highest BCUT2D eigenvalue weighted by Gasteiger charge is 2.17. The number of aromatic nitrogens is 4. The van der Waals surface area contributed by atoms with E-state index >= 15 is 0 Å². The van der Waals surface area contributed by atoms with Crippen LogP contribution in [0.3, 0.4) is 0 Å². The molecule has 0 aliphatic carbocycles. The molecule has 0 fully saturated rings. The van der Waals surface area contributed by atoms with Gasteiger partial charge in [-0.15, -0.1) is 10.2 Å². The summed E-state index contributed by atoms with van der Waals surface area (Å²) in [5.74, 6) is 0.0231. The van der Waals surface area contributed by atoms with Crippen molar-refractivity contribution in [2.45, 2.75) is 20.0 Å². The minimum absolute atomic E-state index is 0.147. The van der Waals surface area contributed by atoms with Crippen molar-refractivity contribution in [3.63, 3.8) is 0 Å². The topological polar surface area (TPSA) is 107 Å². The molecule has 28 heavy (non-hydrogen) atoms. The van der Waals surface area contributed by atoms with Gasteiger partial charge in [0, 0.05) is 18.3 Å². The zero-order valence-corrected chi connectivity index (χ0v) is 14.8. The van der Waals surface area contributed by atoms with Gasteiger partial charge in [-0.3, -0.25) is 23.9 Å². The van der Waals surface area contributed by atoms with Gasteiger partial charge < -0.3 is 5.32 Å². The van der Waals surface area contributed by atoms with E-state index in [2.05, 4.69) is 15.5 Å². The summed E-state index contributed by atoms with van der Waals surface area (Å²) >= 11 is 0. The number of nitro benzene ring substituents is 1. The van der Waals surface area contributed by atoms with Gasteiger partial charge in [0.05, 0.1) is 22.4 Å². The van der Waals surface area contributed by atoms with Crippen molar-refractivity contribution in [3.05, 3.63) is 74.6 Å². The molecule has 142 valence electrons. The lowest BCUT2D eigenvalue weighted by Gasteiger charge is -2.10. The van der Waals surface area contributed by atoms with E-state index in [1.54, 1.807) is 22.6 Å². The van der Waals surface area contributed by atoms with Crippen LogP contribution in [0.5, 0.6) is 0 Å². The molecule has 0 saturated heterocycles. The van der Waals surface area contributed by atoms with Gasteiger partial charge in [-0.2, -0.15) is 4.39 Å². The van der Waals surface area contributed by atoms with Crippen LogP contribution in [0.25, 0.3) is 16.7 Å². The summed E-state index contributed by atoms with van der Waals surface area (Å²) in [5, 5.41) is 22.8. The molecule has 0 aliphatic rings. The van der Waals surface area contributed by atoms with Crippen molar-refractivity contribution < 1.29 is 9.31 Å². The largest absolute Gasteiger partial charge is 0.378 e. The number of nitrogens with zero attached hydrogens (tertiary/aromatic N) is 5. The van der Waals surface area contributed by atoms with Crippen molar-refractivity contribution >= 4 is 28.1 Å². The second-order valence-electron chi connectivity index (χ2n) is 6.10. The molecule has 0 radical (unpaired) electrons. The van der Waals surface area contributed by atoms with Gasteiger partial charge in [0.1, 0.15) is 0 Å². The molecule has 2 heterocycles. The fourth-order valence-electron chi connectivity index (χ4n) is 3.16. The first kappa shape index (κ1) is 17.6. The lowest BCUT2D eigenvalue weighted by Crippen LogP contribution is -2.22. The number of hydrogen-bond acceptors (Lipinski definition) is 6. The van der Waals surface area contributed by atoms with E-state index in [-0.39, 0.29) is 12.1 Å². The number of halogens is 1. The predicted molar refractivity (Wildman–Crippen MR) is 101 cm³/mol. The molecular formula is C18H15FN6O3. The molecule has 1 N–H and O–H groups in total. The highest BCUT2D eigenvalue weighted by molar-refractivity contribution is 5.80. The summed E-state index contributed by atoms with van der Waals surface area (Å²) in [7, 11) is 0. The van der Waals surface area contributed by atoms with Crippen LogP contribution in [0.1, 0.15) is 12.7 Å². The number of hydrogen-bond donors (Lipinski definition) is 1. The average molecular weight is 382 g/mol. The summed E-state index contributed by atoms with van der Waals surface area (Å²) < 4.78 is 16.8. The number of nitrogens with one attached hydrogen (secondary N) is 1. The highest BCUT2D eigenvalue weighted by atomic mass is 19.1. The Morgan fingerprint density at radius 2 is 2.00 bits per heavy atom. The molecule has 0 bridgehead atoms. The van der Waals surface area contributed by atoms with E-state index in [9.17, 15) is 19.3 Å². The number of fused-ring (bicyclic) bond motifs is 3. The van der Waals surface area contributed by atoms with Crippen LogP contribution in [0, 0.1) is 15.9 Å². The monoisotopic (exact) mass is 382 g/mol. The van der Waals surface area contributed by atoms with Crippen LogP contribution in [0.2, 0.25) is 0 Å².